The van der Waals surface area contributed by atoms with Crippen LogP contribution < -0.4 is 10.2 Å². The second kappa shape index (κ2) is 8.37. The smallest absolute Gasteiger partial charge is 0.428 e. The largest absolute Gasteiger partial charge is 0.496 e. The van der Waals surface area contributed by atoms with Crippen LogP contribution in [0.2, 0.25) is 10.0 Å². The number of esters is 1. The van der Waals surface area contributed by atoms with Crippen LogP contribution in [0.25, 0.3) is 5.70 Å². The highest BCUT2D eigenvalue weighted by molar-refractivity contribution is 6.34. The fourth-order valence-corrected chi connectivity index (χ4v) is 3.52. The van der Waals surface area contributed by atoms with Gasteiger partial charge in [-0.2, -0.15) is 13.2 Å². The average Bonchev–Trinajstić information content (AvgIpc) is 3.14. The predicted octanol–water partition coefficient (Wildman–Crippen LogP) is 5.51. The molecule has 0 radical (unpaired) electrons. The molecule has 2 aromatic carbocycles. The first kappa shape index (κ1) is 22.3. The number of hydrogen-bond acceptors (Lipinski definition) is 5. The van der Waals surface area contributed by atoms with Crippen molar-refractivity contribution < 1.29 is 32.3 Å². The summed E-state index contributed by atoms with van der Waals surface area (Å²) in [6.45, 7) is 1.82. The Bertz CT molecular complexity index is 990. The normalized spacial score (nSPS) is 18.6. The van der Waals surface area contributed by atoms with E-state index in [1.165, 1.54) is 31.4 Å². The summed E-state index contributed by atoms with van der Waals surface area (Å²) in [5.74, 6) is -0.465. The molecule has 1 N–H and O–H groups in total. The Morgan fingerprint density at radius 1 is 1.17 bits per heavy atom. The van der Waals surface area contributed by atoms with Crippen LogP contribution in [0.1, 0.15) is 28.4 Å². The lowest BCUT2D eigenvalue weighted by atomic mass is 9.91. The summed E-state index contributed by atoms with van der Waals surface area (Å²) in [6, 6.07) is 7.85. The van der Waals surface area contributed by atoms with Gasteiger partial charge in [-0.3, -0.25) is 10.3 Å². The van der Waals surface area contributed by atoms with Gasteiger partial charge in [0.15, 0.2) is 0 Å². The molecule has 0 saturated carbocycles. The topological polar surface area (TPSA) is 56.8 Å². The van der Waals surface area contributed by atoms with Gasteiger partial charge in [0.1, 0.15) is 11.3 Å². The van der Waals surface area contributed by atoms with Crippen LogP contribution in [0.15, 0.2) is 42.5 Å². The van der Waals surface area contributed by atoms with Gasteiger partial charge in [-0.25, -0.2) is 4.79 Å². The lowest BCUT2D eigenvalue weighted by Crippen LogP contribution is -2.42. The molecular formula is C20H16Cl2F3NO4. The molecule has 1 heterocycles. The van der Waals surface area contributed by atoms with Gasteiger partial charge >= 0.3 is 12.1 Å². The fraction of sp³-hybridized carbons (Fsp3) is 0.250. The molecule has 0 spiro atoms. The molecule has 3 rings (SSSR count). The minimum Gasteiger partial charge on any atom is -0.496 e. The molecule has 0 amide bonds. The number of carbonyl (C=O) groups excluding carboxylic acids is 1. The van der Waals surface area contributed by atoms with Gasteiger partial charge in [-0.15, -0.1) is 0 Å². The SMILES string of the molecule is CCOC(=O)c1ccc(C2=CC(c3cc(Cl)cc(Cl)c3)(C(F)(F)F)ON2)cc1OC. The number of benzene rings is 2. The van der Waals surface area contributed by atoms with E-state index in [-0.39, 0.29) is 39.2 Å². The van der Waals surface area contributed by atoms with E-state index < -0.39 is 17.7 Å². The Hall–Kier alpha value is -2.42. The molecule has 160 valence electrons. The quantitative estimate of drug-likeness (QED) is 0.594. The summed E-state index contributed by atoms with van der Waals surface area (Å²) in [6.07, 6.45) is -3.95. The van der Waals surface area contributed by atoms with Crippen LogP contribution in [-0.2, 0) is 15.2 Å². The molecule has 0 aliphatic carbocycles. The van der Waals surface area contributed by atoms with Gasteiger partial charge in [0.25, 0.3) is 0 Å². The van der Waals surface area contributed by atoms with E-state index in [4.69, 9.17) is 37.5 Å². The Morgan fingerprint density at radius 2 is 1.83 bits per heavy atom. The fourth-order valence-electron chi connectivity index (χ4n) is 2.99. The minimum absolute atomic E-state index is 0.0251. The van der Waals surface area contributed by atoms with Gasteiger partial charge in [0.2, 0.25) is 5.60 Å². The third kappa shape index (κ3) is 4.08. The monoisotopic (exact) mass is 461 g/mol. The zero-order valence-electron chi connectivity index (χ0n) is 15.8. The molecule has 1 unspecified atom stereocenters. The summed E-state index contributed by atoms with van der Waals surface area (Å²) >= 11 is 11.8. The highest BCUT2D eigenvalue weighted by atomic mass is 35.5. The van der Waals surface area contributed by atoms with E-state index in [1.807, 2.05) is 0 Å². The first-order valence-electron chi connectivity index (χ1n) is 8.67. The maximum atomic E-state index is 14.1. The summed E-state index contributed by atoms with van der Waals surface area (Å²) < 4.78 is 52.4. The summed E-state index contributed by atoms with van der Waals surface area (Å²) in [4.78, 5) is 17.1. The van der Waals surface area contributed by atoms with Gasteiger partial charge in [0.05, 0.1) is 19.4 Å². The minimum atomic E-state index is -4.83. The van der Waals surface area contributed by atoms with Crippen molar-refractivity contribution in [1.82, 2.24) is 5.48 Å². The van der Waals surface area contributed by atoms with Crippen molar-refractivity contribution in [2.24, 2.45) is 0 Å². The number of hydroxylamine groups is 1. The highest BCUT2D eigenvalue weighted by Gasteiger charge is 2.59. The number of hydrogen-bond donors (Lipinski definition) is 1. The Labute approximate surface area is 180 Å². The number of methoxy groups -OCH3 is 1. The number of carbonyl (C=O) groups is 1. The van der Waals surface area contributed by atoms with Crippen LogP contribution in [0.4, 0.5) is 13.2 Å². The first-order valence-corrected chi connectivity index (χ1v) is 9.42. The van der Waals surface area contributed by atoms with E-state index in [0.717, 1.165) is 18.2 Å². The third-order valence-corrected chi connectivity index (χ3v) is 4.83. The van der Waals surface area contributed by atoms with Crippen molar-refractivity contribution in [3.8, 4) is 5.75 Å². The maximum absolute atomic E-state index is 14.1. The highest BCUT2D eigenvalue weighted by Crippen LogP contribution is 2.48. The van der Waals surface area contributed by atoms with E-state index in [9.17, 15) is 18.0 Å². The third-order valence-electron chi connectivity index (χ3n) is 4.39. The molecule has 10 heteroatoms. The molecule has 0 bridgehead atoms. The molecule has 1 aliphatic heterocycles. The zero-order chi connectivity index (χ0) is 22.1. The van der Waals surface area contributed by atoms with Gasteiger partial charge in [-0.1, -0.05) is 29.3 Å². The van der Waals surface area contributed by atoms with E-state index >= 15 is 0 Å². The Balaban J connectivity index is 2.08. The number of halogens is 5. The van der Waals surface area contributed by atoms with Gasteiger partial charge in [-0.05, 0) is 43.3 Å². The number of alkyl halides is 3. The van der Waals surface area contributed by atoms with Crippen LogP contribution in [-0.4, -0.2) is 25.9 Å². The van der Waals surface area contributed by atoms with Crippen molar-refractivity contribution in [1.29, 1.82) is 0 Å². The lowest BCUT2D eigenvalue weighted by Gasteiger charge is -2.28. The number of nitrogens with one attached hydrogen (secondary N) is 1. The molecule has 0 aromatic heterocycles. The van der Waals surface area contributed by atoms with Crippen LogP contribution in [0.5, 0.6) is 5.75 Å². The van der Waals surface area contributed by atoms with Gasteiger partial charge < -0.3 is 9.47 Å². The van der Waals surface area contributed by atoms with Crippen molar-refractivity contribution in [3.05, 3.63) is 69.2 Å². The van der Waals surface area contributed by atoms with E-state index in [0.29, 0.717) is 5.56 Å². The molecule has 1 atom stereocenters. The van der Waals surface area contributed by atoms with E-state index in [2.05, 4.69) is 5.48 Å². The van der Waals surface area contributed by atoms with E-state index in [1.54, 1.807) is 6.92 Å². The second-order valence-corrected chi connectivity index (χ2v) is 7.16. The predicted molar refractivity (Wildman–Crippen MR) is 105 cm³/mol. The number of rotatable bonds is 5. The van der Waals surface area contributed by atoms with Crippen molar-refractivity contribution in [2.45, 2.75) is 18.7 Å². The molecule has 2 aromatic rings. The standard InChI is InChI=1S/C20H16Cl2F3NO4/c1-3-29-18(27)15-5-4-11(6-17(15)28-2)16-10-19(30-26-16,20(23,24)25)12-7-13(21)9-14(22)8-12/h4-10,26H,3H2,1-2H3. The molecule has 5 nitrogen and oxygen atoms in total. The van der Waals surface area contributed by atoms with Gasteiger partial charge in [0, 0.05) is 21.2 Å². The lowest BCUT2D eigenvalue weighted by molar-refractivity contribution is -0.269. The molecule has 30 heavy (non-hydrogen) atoms. The summed E-state index contributed by atoms with van der Waals surface area (Å²) in [7, 11) is 1.34. The van der Waals surface area contributed by atoms with Crippen molar-refractivity contribution in [2.75, 3.05) is 13.7 Å². The van der Waals surface area contributed by atoms with Crippen LogP contribution in [0, 0.1) is 0 Å². The molecular weight excluding hydrogens is 446 g/mol. The first-order chi connectivity index (χ1) is 14.1. The molecule has 0 fully saturated rings. The molecule has 0 saturated heterocycles. The Morgan fingerprint density at radius 3 is 2.40 bits per heavy atom. The van der Waals surface area contributed by atoms with Crippen LogP contribution >= 0.6 is 23.2 Å². The summed E-state index contributed by atoms with van der Waals surface area (Å²) in [5.41, 5.74) is -0.312. The number of ether oxygens (including phenoxy) is 2. The van der Waals surface area contributed by atoms with Crippen LogP contribution in [0.3, 0.4) is 0 Å². The average molecular weight is 462 g/mol. The Kier molecular flexibility index (Phi) is 6.21. The van der Waals surface area contributed by atoms with Crippen molar-refractivity contribution >= 4 is 34.9 Å². The zero-order valence-corrected chi connectivity index (χ0v) is 17.3. The summed E-state index contributed by atoms with van der Waals surface area (Å²) in [5, 5.41) is 0.0686. The van der Waals surface area contributed by atoms with Crippen molar-refractivity contribution in [3.63, 3.8) is 0 Å². The maximum Gasteiger partial charge on any atom is 0.428 e. The molecule has 1 aliphatic rings. The second-order valence-electron chi connectivity index (χ2n) is 6.29.